The van der Waals surface area contributed by atoms with Gasteiger partial charge in [0.15, 0.2) is 0 Å². The molecule has 0 aromatic heterocycles. The number of nitrogens with one attached hydrogen (secondary N) is 1. The van der Waals surface area contributed by atoms with Crippen molar-refractivity contribution in [1.82, 2.24) is 10.2 Å². The highest BCUT2D eigenvalue weighted by Gasteiger charge is 2.29. The van der Waals surface area contributed by atoms with Gasteiger partial charge in [-0.05, 0) is 43.9 Å². The molecular formula is C27H35BFN3O5. The van der Waals surface area contributed by atoms with Gasteiger partial charge in [0.05, 0.1) is 12.2 Å². The second kappa shape index (κ2) is 13.5. The van der Waals surface area contributed by atoms with E-state index >= 15 is 0 Å². The first-order valence-electron chi connectivity index (χ1n) is 12.5. The van der Waals surface area contributed by atoms with Crippen LogP contribution in [-0.2, 0) is 34.0 Å². The van der Waals surface area contributed by atoms with Gasteiger partial charge < -0.3 is 30.1 Å². The van der Waals surface area contributed by atoms with Gasteiger partial charge in [-0.25, -0.2) is 4.39 Å². The second-order valence-electron chi connectivity index (χ2n) is 9.49. The van der Waals surface area contributed by atoms with Gasteiger partial charge in [-0.15, -0.1) is 0 Å². The van der Waals surface area contributed by atoms with E-state index in [9.17, 15) is 18.8 Å². The molecule has 3 N–H and O–H groups in total. The van der Waals surface area contributed by atoms with Crippen LogP contribution in [0.1, 0.15) is 40.9 Å². The van der Waals surface area contributed by atoms with E-state index in [2.05, 4.69) is 10.2 Å². The minimum Gasteiger partial charge on any atom is -0.488 e. The fourth-order valence-electron chi connectivity index (χ4n) is 4.75. The number of hydrogen-bond acceptors (Lipinski definition) is 7. The third-order valence-corrected chi connectivity index (χ3v) is 6.46. The molecule has 1 aliphatic heterocycles. The van der Waals surface area contributed by atoms with Gasteiger partial charge in [0.1, 0.15) is 30.1 Å². The molecule has 1 heterocycles. The lowest BCUT2D eigenvalue weighted by molar-refractivity contribution is -0.118. The van der Waals surface area contributed by atoms with E-state index in [1.807, 2.05) is 13.8 Å². The van der Waals surface area contributed by atoms with E-state index in [1.54, 1.807) is 30.3 Å². The molecule has 0 bridgehead atoms. The highest BCUT2D eigenvalue weighted by molar-refractivity contribution is 6.95. The maximum absolute atomic E-state index is 14.6. The lowest BCUT2D eigenvalue weighted by Crippen LogP contribution is -2.44. The monoisotopic (exact) mass is 511 g/mol. The first-order valence-corrected chi connectivity index (χ1v) is 12.5. The zero-order chi connectivity index (χ0) is 26.9. The number of halogens is 1. The minimum absolute atomic E-state index is 0.000944. The molecule has 37 heavy (non-hydrogen) atoms. The lowest BCUT2D eigenvalue weighted by Gasteiger charge is -2.35. The van der Waals surface area contributed by atoms with Crippen LogP contribution in [0.4, 0.5) is 4.39 Å². The molecule has 0 aliphatic carbocycles. The van der Waals surface area contributed by atoms with Gasteiger partial charge in [0, 0.05) is 56.2 Å². The topological polar surface area (TPSA) is 111 Å². The Hall–Kier alpha value is -3.08. The van der Waals surface area contributed by atoms with Gasteiger partial charge in [-0.3, -0.25) is 9.69 Å². The molecule has 198 valence electrons. The molecule has 0 radical (unpaired) electrons. The molecule has 1 amide bonds. The molecule has 2 unspecified atom stereocenters. The smallest absolute Gasteiger partial charge is 0.246 e. The lowest BCUT2D eigenvalue weighted by atomic mass is 9.41. The highest BCUT2D eigenvalue weighted by atomic mass is 19.1. The third-order valence-electron chi connectivity index (χ3n) is 6.46. The van der Waals surface area contributed by atoms with Crippen LogP contribution >= 0.6 is 0 Å². The van der Waals surface area contributed by atoms with Crippen LogP contribution in [0.15, 0.2) is 36.4 Å². The Morgan fingerprint density at radius 2 is 1.97 bits per heavy atom. The molecule has 2 atom stereocenters. The average Bonchev–Trinajstić information content (AvgIpc) is 2.87. The number of ether oxygens (including phenoxy) is 2. The molecule has 0 saturated carbocycles. The van der Waals surface area contributed by atoms with Crippen molar-refractivity contribution in [2.45, 2.75) is 58.4 Å². The maximum Gasteiger partial charge on any atom is 0.246 e. The molecule has 2 aromatic rings. The number of carbonyl (C=O) groups is 3. The van der Waals surface area contributed by atoms with Gasteiger partial charge in [0.25, 0.3) is 0 Å². The fraction of sp³-hybridized carbons (Fsp3) is 0.444. The Morgan fingerprint density at radius 1 is 1.24 bits per heavy atom. The van der Waals surface area contributed by atoms with Crippen LogP contribution < -0.4 is 15.8 Å². The third kappa shape index (κ3) is 7.71. The molecule has 1 aliphatic rings. The van der Waals surface area contributed by atoms with E-state index in [0.29, 0.717) is 35.3 Å². The predicted octanol–water partition coefficient (Wildman–Crippen LogP) is 2.63. The van der Waals surface area contributed by atoms with Crippen molar-refractivity contribution in [1.29, 1.82) is 0 Å². The number of carbonyl (C=O) groups excluding carboxylic acids is 3. The molecule has 1 fully saturated rings. The van der Waals surface area contributed by atoms with E-state index in [0.717, 1.165) is 18.7 Å². The summed E-state index contributed by atoms with van der Waals surface area (Å²) < 4.78 is 26.4. The van der Waals surface area contributed by atoms with Crippen molar-refractivity contribution in [2.24, 2.45) is 5.73 Å². The van der Waals surface area contributed by atoms with Crippen molar-refractivity contribution in [3.63, 3.8) is 0 Å². The molecular weight excluding hydrogens is 476 g/mol. The van der Waals surface area contributed by atoms with E-state index in [-0.39, 0.29) is 55.4 Å². The van der Waals surface area contributed by atoms with Crippen LogP contribution in [0.5, 0.6) is 5.75 Å². The summed E-state index contributed by atoms with van der Waals surface area (Å²) in [5, 5.41) is 2.48. The van der Waals surface area contributed by atoms with Crippen LogP contribution in [0.2, 0.25) is 12.6 Å². The summed E-state index contributed by atoms with van der Waals surface area (Å²) >= 11 is 0. The minimum atomic E-state index is -0.808. The fourth-order valence-corrected chi connectivity index (χ4v) is 4.75. The number of rotatable bonds is 12. The number of benzene rings is 2. The Bertz CT molecular complexity index is 1110. The maximum atomic E-state index is 14.6. The normalized spacial score (nSPS) is 17.8. The number of nitrogens with two attached hydrogens (primary N) is 1. The standard InChI is InChI=1S/C27H35BFN3O5/c1-18-14-32(15-19(2)37-18)16-20-7-8-24(29)21(11-20)17-36-25-6-4-5-22(23(25)13-30)27(35)28(9-10-33)12-26(34)31-3/h4-8,10-11,18-19H,9,12-17,30H2,1-3H3,(H,31,34). The summed E-state index contributed by atoms with van der Waals surface area (Å²) in [5.41, 5.74) is 7.72. The number of hydrogen-bond donors (Lipinski definition) is 2. The number of morpholine rings is 1. The van der Waals surface area contributed by atoms with Crippen molar-refractivity contribution in [3.8, 4) is 5.75 Å². The quantitative estimate of drug-likeness (QED) is 0.333. The molecule has 2 aromatic carbocycles. The zero-order valence-electron chi connectivity index (χ0n) is 21.7. The summed E-state index contributed by atoms with van der Waals surface area (Å²) in [5.74, 6) is -0.359. The van der Waals surface area contributed by atoms with Crippen molar-refractivity contribution in [2.75, 3.05) is 20.1 Å². The Kier molecular flexibility index (Phi) is 10.4. The van der Waals surface area contributed by atoms with E-state index < -0.39 is 6.71 Å². The van der Waals surface area contributed by atoms with Gasteiger partial charge in [0.2, 0.25) is 12.6 Å². The van der Waals surface area contributed by atoms with Crippen LogP contribution in [0.25, 0.3) is 0 Å². The second-order valence-corrected chi connectivity index (χ2v) is 9.49. The van der Waals surface area contributed by atoms with E-state index in [4.69, 9.17) is 15.2 Å². The number of amides is 1. The Morgan fingerprint density at radius 3 is 2.62 bits per heavy atom. The van der Waals surface area contributed by atoms with Crippen molar-refractivity contribution in [3.05, 3.63) is 64.5 Å². The van der Waals surface area contributed by atoms with Gasteiger partial charge in [-0.2, -0.15) is 0 Å². The summed E-state index contributed by atoms with van der Waals surface area (Å²) in [6.07, 6.45) is 0.711. The largest absolute Gasteiger partial charge is 0.488 e. The SMILES string of the molecule is CNC(=O)CB(CC=O)C(=O)c1cccc(OCc2cc(CN3CC(C)OC(C)C3)ccc2F)c1CN. The molecule has 1 saturated heterocycles. The van der Waals surface area contributed by atoms with Crippen LogP contribution in [0, 0.1) is 5.82 Å². The van der Waals surface area contributed by atoms with Gasteiger partial charge in [-0.1, -0.05) is 18.2 Å². The Labute approximate surface area is 217 Å². The number of aldehydes is 1. The molecule has 10 heteroatoms. The predicted molar refractivity (Wildman–Crippen MR) is 140 cm³/mol. The molecule has 8 nitrogen and oxygen atoms in total. The summed E-state index contributed by atoms with van der Waals surface area (Å²) in [6, 6.07) is 9.92. The molecule has 3 rings (SSSR count). The summed E-state index contributed by atoms with van der Waals surface area (Å²) in [6.45, 7) is 5.51. The van der Waals surface area contributed by atoms with Crippen LogP contribution in [-0.4, -0.2) is 61.8 Å². The zero-order valence-corrected chi connectivity index (χ0v) is 21.7. The average molecular weight is 511 g/mol. The molecule has 0 spiro atoms. The van der Waals surface area contributed by atoms with E-state index in [1.165, 1.54) is 13.1 Å². The first kappa shape index (κ1) is 28.5. The first-order chi connectivity index (χ1) is 17.7. The van der Waals surface area contributed by atoms with Crippen molar-refractivity contribution < 1.29 is 28.2 Å². The van der Waals surface area contributed by atoms with Crippen LogP contribution in [0.3, 0.4) is 0 Å². The Balaban J connectivity index is 1.76. The van der Waals surface area contributed by atoms with Gasteiger partial charge >= 0.3 is 0 Å². The number of nitrogens with zero attached hydrogens (tertiary/aromatic N) is 1. The summed E-state index contributed by atoms with van der Waals surface area (Å²) in [7, 11) is 1.47. The highest BCUT2D eigenvalue weighted by Crippen LogP contribution is 2.26. The summed E-state index contributed by atoms with van der Waals surface area (Å²) in [4.78, 5) is 38.5. The van der Waals surface area contributed by atoms with Crippen molar-refractivity contribution >= 4 is 24.6 Å².